The summed E-state index contributed by atoms with van der Waals surface area (Å²) in [7, 11) is 0. The van der Waals surface area contributed by atoms with Gasteiger partial charge < -0.3 is 9.52 Å². The number of halogens is 1. The molecule has 2 aromatic rings. The van der Waals surface area contributed by atoms with Crippen molar-refractivity contribution in [1.82, 2.24) is 4.98 Å². The SMILES string of the molecule is O=C(O)Cc1csc(-c2ccc(Cl)o2)n1. The molecule has 15 heavy (non-hydrogen) atoms. The first kappa shape index (κ1) is 10.2. The fourth-order valence-electron chi connectivity index (χ4n) is 1.09. The van der Waals surface area contributed by atoms with Crippen LogP contribution in [0.25, 0.3) is 10.8 Å². The third-order valence-corrected chi connectivity index (χ3v) is 2.78. The van der Waals surface area contributed by atoms with E-state index in [0.717, 1.165) is 0 Å². The summed E-state index contributed by atoms with van der Waals surface area (Å²) in [6.45, 7) is 0. The number of hydrogen-bond acceptors (Lipinski definition) is 4. The first-order chi connectivity index (χ1) is 7.15. The standard InChI is InChI=1S/C9H6ClNO3S/c10-7-2-1-6(14-7)9-11-5(4-15-9)3-8(12)13/h1-2,4H,3H2,(H,12,13). The van der Waals surface area contributed by atoms with Crippen molar-refractivity contribution < 1.29 is 14.3 Å². The number of carboxylic acids is 1. The predicted octanol–water partition coefficient (Wildman–Crippen LogP) is 2.68. The van der Waals surface area contributed by atoms with Crippen LogP contribution in [0.1, 0.15) is 5.69 Å². The van der Waals surface area contributed by atoms with E-state index in [1.807, 2.05) is 0 Å². The highest BCUT2D eigenvalue weighted by atomic mass is 35.5. The second-order valence-corrected chi connectivity index (χ2v) is 4.05. The Labute approximate surface area is 94.1 Å². The van der Waals surface area contributed by atoms with Gasteiger partial charge in [0.1, 0.15) is 0 Å². The van der Waals surface area contributed by atoms with Crippen LogP contribution in [0.5, 0.6) is 0 Å². The van der Waals surface area contributed by atoms with Crippen LogP contribution in [0.15, 0.2) is 21.9 Å². The lowest BCUT2D eigenvalue weighted by molar-refractivity contribution is -0.136. The number of thiazole rings is 1. The summed E-state index contributed by atoms with van der Waals surface area (Å²) in [5.41, 5.74) is 0.523. The highest BCUT2D eigenvalue weighted by molar-refractivity contribution is 7.13. The van der Waals surface area contributed by atoms with E-state index in [1.54, 1.807) is 17.5 Å². The molecule has 0 saturated heterocycles. The van der Waals surface area contributed by atoms with Crippen molar-refractivity contribution in [3.05, 3.63) is 28.4 Å². The van der Waals surface area contributed by atoms with Crippen LogP contribution in [0.3, 0.4) is 0 Å². The molecule has 2 rings (SSSR count). The summed E-state index contributed by atoms with van der Waals surface area (Å²) >= 11 is 6.95. The monoisotopic (exact) mass is 243 g/mol. The van der Waals surface area contributed by atoms with E-state index in [1.165, 1.54) is 11.3 Å². The first-order valence-corrected chi connectivity index (χ1v) is 5.33. The average Bonchev–Trinajstić information content (AvgIpc) is 2.72. The zero-order valence-corrected chi connectivity index (χ0v) is 9.01. The Hall–Kier alpha value is -1.33. The van der Waals surface area contributed by atoms with Gasteiger partial charge in [0.2, 0.25) is 0 Å². The summed E-state index contributed by atoms with van der Waals surface area (Å²) in [4.78, 5) is 14.6. The number of rotatable bonds is 3. The van der Waals surface area contributed by atoms with E-state index >= 15 is 0 Å². The highest BCUT2D eigenvalue weighted by Gasteiger charge is 2.10. The summed E-state index contributed by atoms with van der Waals surface area (Å²) in [5, 5.41) is 11.2. The Balaban J connectivity index is 2.23. The van der Waals surface area contributed by atoms with Crippen molar-refractivity contribution in [2.24, 2.45) is 0 Å². The summed E-state index contributed by atoms with van der Waals surface area (Å²) < 4.78 is 5.15. The number of aliphatic carboxylic acids is 1. The molecule has 0 aliphatic carbocycles. The van der Waals surface area contributed by atoms with Crippen LogP contribution in [0.4, 0.5) is 0 Å². The Morgan fingerprint density at radius 3 is 3.00 bits per heavy atom. The van der Waals surface area contributed by atoms with Crippen molar-refractivity contribution in [3.63, 3.8) is 0 Å². The summed E-state index contributed by atoms with van der Waals surface area (Å²) in [6, 6.07) is 3.32. The van der Waals surface area contributed by atoms with E-state index < -0.39 is 5.97 Å². The molecule has 6 heteroatoms. The Morgan fingerprint density at radius 2 is 2.40 bits per heavy atom. The van der Waals surface area contributed by atoms with Crippen molar-refractivity contribution in [3.8, 4) is 10.8 Å². The van der Waals surface area contributed by atoms with Crippen molar-refractivity contribution in [1.29, 1.82) is 0 Å². The molecule has 2 aromatic heterocycles. The summed E-state index contributed by atoms with van der Waals surface area (Å²) in [6.07, 6.45) is -0.0784. The lowest BCUT2D eigenvalue weighted by Crippen LogP contribution is -1.99. The van der Waals surface area contributed by atoms with Gasteiger partial charge in [-0.05, 0) is 23.7 Å². The first-order valence-electron chi connectivity index (χ1n) is 4.07. The van der Waals surface area contributed by atoms with Crippen LogP contribution in [-0.2, 0) is 11.2 Å². The average molecular weight is 244 g/mol. The molecule has 2 heterocycles. The molecule has 0 aliphatic rings. The molecule has 4 nitrogen and oxygen atoms in total. The Kier molecular flexibility index (Phi) is 2.75. The minimum Gasteiger partial charge on any atom is -0.481 e. The van der Waals surface area contributed by atoms with Crippen LogP contribution in [0, 0.1) is 0 Å². The number of carboxylic acid groups (broad SMARTS) is 1. The smallest absolute Gasteiger partial charge is 0.309 e. The van der Waals surface area contributed by atoms with Gasteiger partial charge in [0.05, 0.1) is 12.1 Å². The van der Waals surface area contributed by atoms with Crippen LogP contribution in [0.2, 0.25) is 5.22 Å². The van der Waals surface area contributed by atoms with E-state index in [-0.39, 0.29) is 6.42 Å². The number of nitrogens with zero attached hydrogens (tertiary/aromatic N) is 1. The molecule has 0 aromatic carbocycles. The van der Waals surface area contributed by atoms with Crippen molar-refractivity contribution >= 4 is 28.9 Å². The minimum atomic E-state index is -0.899. The molecule has 0 bridgehead atoms. The van der Waals surface area contributed by atoms with Gasteiger partial charge in [0.25, 0.3) is 0 Å². The van der Waals surface area contributed by atoms with Gasteiger partial charge in [-0.25, -0.2) is 4.98 Å². The number of hydrogen-bond donors (Lipinski definition) is 1. The van der Waals surface area contributed by atoms with Crippen LogP contribution >= 0.6 is 22.9 Å². The quantitative estimate of drug-likeness (QED) is 0.900. The van der Waals surface area contributed by atoms with Gasteiger partial charge in [-0.2, -0.15) is 0 Å². The van der Waals surface area contributed by atoms with Gasteiger partial charge >= 0.3 is 5.97 Å². The molecular formula is C9H6ClNO3S. The van der Waals surface area contributed by atoms with Crippen LogP contribution < -0.4 is 0 Å². The zero-order chi connectivity index (χ0) is 10.8. The molecule has 0 fully saturated rings. The molecule has 0 unspecified atom stereocenters. The van der Waals surface area contributed by atoms with Gasteiger partial charge in [-0.3, -0.25) is 4.79 Å². The van der Waals surface area contributed by atoms with E-state index in [0.29, 0.717) is 21.7 Å². The largest absolute Gasteiger partial charge is 0.481 e. The predicted molar refractivity (Wildman–Crippen MR) is 56.2 cm³/mol. The molecule has 0 saturated carbocycles. The molecule has 0 aliphatic heterocycles. The third-order valence-electron chi connectivity index (χ3n) is 1.67. The van der Waals surface area contributed by atoms with Crippen LogP contribution in [-0.4, -0.2) is 16.1 Å². The molecule has 0 amide bonds. The number of carbonyl (C=O) groups is 1. The van der Waals surface area contributed by atoms with E-state index in [9.17, 15) is 4.79 Å². The molecule has 0 atom stereocenters. The molecule has 0 radical (unpaired) electrons. The molecule has 1 N–H and O–H groups in total. The van der Waals surface area contributed by atoms with Gasteiger partial charge in [-0.15, -0.1) is 11.3 Å². The third kappa shape index (κ3) is 2.37. The lowest BCUT2D eigenvalue weighted by atomic mass is 10.3. The fourth-order valence-corrected chi connectivity index (χ4v) is 2.01. The Morgan fingerprint density at radius 1 is 1.60 bits per heavy atom. The lowest BCUT2D eigenvalue weighted by Gasteiger charge is -1.88. The van der Waals surface area contributed by atoms with E-state index in [4.69, 9.17) is 21.1 Å². The second-order valence-electron chi connectivity index (χ2n) is 2.82. The maximum Gasteiger partial charge on any atom is 0.309 e. The highest BCUT2D eigenvalue weighted by Crippen LogP contribution is 2.27. The Bertz CT molecular complexity index is 491. The normalized spacial score (nSPS) is 10.5. The second kappa shape index (κ2) is 4.04. The van der Waals surface area contributed by atoms with Gasteiger partial charge in [0.15, 0.2) is 16.0 Å². The molecule has 0 spiro atoms. The number of furan rings is 1. The molecular weight excluding hydrogens is 238 g/mol. The zero-order valence-electron chi connectivity index (χ0n) is 7.44. The maximum atomic E-state index is 10.4. The fraction of sp³-hybridized carbons (Fsp3) is 0.111. The van der Waals surface area contributed by atoms with E-state index in [2.05, 4.69) is 4.98 Å². The minimum absolute atomic E-state index is 0.0784. The van der Waals surface area contributed by atoms with Gasteiger partial charge in [0, 0.05) is 5.38 Å². The summed E-state index contributed by atoms with van der Waals surface area (Å²) in [5.74, 6) is -0.342. The van der Waals surface area contributed by atoms with Crippen molar-refractivity contribution in [2.45, 2.75) is 6.42 Å². The van der Waals surface area contributed by atoms with Crippen molar-refractivity contribution in [2.75, 3.05) is 0 Å². The molecule has 78 valence electrons. The maximum absolute atomic E-state index is 10.4. The number of aromatic nitrogens is 1. The van der Waals surface area contributed by atoms with Gasteiger partial charge in [-0.1, -0.05) is 0 Å². The topological polar surface area (TPSA) is 63.3 Å².